The Hall–Kier alpha value is -1.19. The Bertz CT molecular complexity index is 590. The normalized spacial score (nSPS) is 16.8. The molecule has 21 heavy (non-hydrogen) atoms. The molecule has 1 aromatic heterocycles. The topological polar surface area (TPSA) is 15.3 Å². The van der Waals surface area contributed by atoms with Crippen LogP contribution < -0.4 is 10.2 Å². The molecule has 0 bridgehead atoms. The number of nitrogens with zero attached hydrogens (tertiary/aromatic N) is 1. The highest BCUT2D eigenvalue weighted by Crippen LogP contribution is 2.32. The van der Waals surface area contributed by atoms with Gasteiger partial charge in [0.2, 0.25) is 0 Å². The maximum Gasteiger partial charge on any atom is 0.0931 e. The van der Waals surface area contributed by atoms with Crippen LogP contribution >= 0.6 is 22.9 Å². The van der Waals surface area contributed by atoms with Crippen molar-refractivity contribution in [1.29, 1.82) is 0 Å². The molecule has 0 spiro atoms. The number of hydrogen-bond acceptors (Lipinski definition) is 3. The van der Waals surface area contributed by atoms with Gasteiger partial charge in [0, 0.05) is 19.1 Å². The van der Waals surface area contributed by atoms with E-state index in [0.717, 1.165) is 17.4 Å². The average molecular weight is 321 g/mol. The van der Waals surface area contributed by atoms with Gasteiger partial charge in [0.1, 0.15) is 0 Å². The molecule has 1 aromatic carbocycles. The Labute approximate surface area is 135 Å². The summed E-state index contributed by atoms with van der Waals surface area (Å²) in [5.74, 6) is 0. The van der Waals surface area contributed by atoms with Crippen molar-refractivity contribution >= 4 is 34.3 Å². The highest BCUT2D eigenvalue weighted by atomic mass is 35.5. The van der Waals surface area contributed by atoms with Crippen LogP contribution in [-0.2, 0) is 0 Å². The van der Waals surface area contributed by atoms with E-state index in [-0.39, 0.29) is 6.04 Å². The summed E-state index contributed by atoms with van der Waals surface area (Å²) in [7, 11) is 0. The molecule has 0 saturated carbocycles. The Morgan fingerprint density at radius 2 is 1.95 bits per heavy atom. The van der Waals surface area contributed by atoms with Gasteiger partial charge >= 0.3 is 0 Å². The van der Waals surface area contributed by atoms with Gasteiger partial charge in [0.25, 0.3) is 0 Å². The van der Waals surface area contributed by atoms with Gasteiger partial charge in [-0.15, -0.1) is 11.3 Å². The van der Waals surface area contributed by atoms with Gasteiger partial charge in [-0.3, -0.25) is 0 Å². The highest BCUT2D eigenvalue weighted by molar-refractivity contribution is 7.14. The van der Waals surface area contributed by atoms with Crippen molar-refractivity contribution in [3.8, 4) is 0 Å². The molecule has 1 atom stereocenters. The average Bonchev–Trinajstić information content (AvgIpc) is 2.95. The van der Waals surface area contributed by atoms with Gasteiger partial charge in [-0.1, -0.05) is 23.7 Å². The molecule has 0 amide bonds. The number of hydrogen-bond donors (Lipinski definition) is 1. The lowest BCUT2D eigenvalue weighted by Crippen LogP contribution is -2.30. The molecule has 1 aliphatic rings. The van der Waals surface area contributed by atoms with Crippen LogP contribution in [0.1, 0.15) is 37.8 Å². The second-order valence-electron chi connectivity index (χ2n) is 5.62. The number of piperidine rings is 1. The Kier molecular flexibility index (Phi) is 4.71. The minimum atomic E-state index is 0.264. The minimum absolute atomic E-state index is 0.264. The first-order valence-corrected chi connectivity index (χ1v) is 8.84. The SMILES string of the molecule is CC(Nc1ccccc1N1CCCCC1)c1csc(Cl)c1. The molecule has 0 radical (unpaired) electrons. The zero-order valence-electron chi connectivity index (χ0n) is 12.3. The van der Waals surface area contributed by atoms with Crippen molar-refractivity contribution in [2.24, 2.45) is 0 Å². The maximum absolute atomic E-state index is 6.04. The van der Waals surface area contributed by atoms with E-state index in [0.29, 0.717) is 0 Å². The Morgan fingerprint density at radius 1 is 1.19 bits per heavy atom. The minimum Gasteiger partial charge on any atom is -0.377 e. The summed E-state index contributed by atoms with van der Waals surface area (Å²) < 4.78 is 0.850. The molecule has 1 saturated heterocycles. The van der Waals surface area contributed by atoms with Crippen LogP contribution in [0.25, 0.3) is 0 Å². The van der Waals surface area contributed by atoms with Crippen molar-refractivity contribution < 1.29 is 0 Å². The van der Waals surface area contributed by atoms with Crippen LogP contribution in [0.5, 0.6) is 0 Å². The third-order valence-corrected chi connectivity index (χ3v) is 5.17. The molecule has 1 N–H and O–H groups in total. The molecule has 112 valence electrons. The van der Waals surface area contributed by atoms with Gasteiger partial charge in [0.15, 0.2) is 0 Å². The zero-order valence-corrected chi connectivity index (χ0v) is 13.9. The van der Waals surface area contributed by atoms with E-state index >= 15 is 0 Å². The van der Waals surface area contributed by atoms with Crippen LogP contribution in [0, 0.1) is 0 Å². The quantitative estimate of drug-likeness (QED) is 0.792. The lowest BCUT2D eigenvalue weighted by molar-refractivity contribution is 0.578. The molecule has 0 aliphatic carbocycles. The van der Waals surface area contributed by atoms with Gasteiger partial charge in [-0.2, -0.15) is 0 Å². The monoisotopic (exact) mass is 320 g/mol. The standard InChI is InChI=1S/C17H21ClN2S/c1-13(14-11-17(18)21-12-14)19-15-7-3-4-8-16(15)20-9-5-2-6-10-20/h3-4,7-8,11-13,19H,2,5-6,9-10H2,1H3. The maximum atomic E-state index is 6.04. The Morgan fingerprint density at radius 3 is 2.67 bits per heavy atom. The van der Waals surface area contributed by atoms with E-state index in [2.05, 4.69) is 46.8 Å². The molecular formula is C17H21ClN2S. The Balaban J connectivity index is 1.78. The van der Waals surface area contributed by atoms with Gasteiger partial charge in [-0.25, -0.2) is 0 Å². The molecular weight excluding hydrogens is 300 g/mol. The van der Waals surface area contributed by atoms with Crippen molar-refractivity contribution in [1.82, 2.24) is 0 Å². The fourth-order valence-electron chi connectivity index (χ4n) is 2.87. The van der Waals surface area contributed by atoms with Crippen LogP contribution in [0.3, 0.4) is 0 Å². The molecule has 1 unspecified atom stereocenters. The fraction of sp³-hybridized carbons (Fsp3) is 0.412. The third kappa shape index (κ3) is 3.53. The molecule has 2 heterocycles. The van der Waals surface area contributed by atoms with Crippen molar-refractivity contribution in [2.75, 3.05) is 23.3 Å². The first kappa shape index (κ1) is 14.7. The first-order chi connectivity index (χ1) is 10.2. The summed E-state index contributed by atoms with van der Waals surface area (Å²) in [4.78, 5) is 2.50. The third-order valence-electron chi connectivity index (χ3n) is 4.06. The number of para-hydroxylation sites is 2. The number of nitrogens with one attached hydrogen (secondary N) is 1. The van der Waals surface area contributed by atoms with Gasteiger partial charge in [-0.05, 0) is 55.3 Å². The van der Waals surface area contributed by atoms with E-state index in [1.54, 1.807) is 11.3 Å². The van der Waals surface area contributed by atoms with E-state index in [1.165, 1.54) is 36.2 Å². The number of anilines is 2. The van der Waals surface area contributed by atoms with Gasteiger partial charge < -0.3 is 10.2 Å². The largest absolute Gasteiger partial charge is 0.377 e. The number of benzene rings is 1. The molecule has 1 aliphatic heterocycles. The molecule has 2 aromatic rings. The van der Waals surface area contributed by atoms with Crippen molar-refractivity contribution in [3.63, 3.8) is 0 Å². The predicted molar refractivity (Wildman–Crippen MR) is 93.9 cm³/mol. The smallest absolute Gasteiger partial charge is 0.0931 e. The van der Waals surface area contributed by atoms with Crippen LogP contribution in [-0.4, -0.2) is 13.1 Å². The summed E-state index contributed by atoms with van der Waals surface area (Å²) >= 11 is 7.63. The summed E-state index contributed by atoms with van der Waals surface area (Å²) in [6.07, 6.45) is 3.95. The van der Waals surface area contributed by atoms with Crippen LogP contribution in [0.15, 0.2) is 35.7 Å². The summed E-state index contributed by atoms with van der Waals surface area (Å²) in [5.41, 5.74) is 3.79. The van der Waals surface area contributed by atoms with Crippen LogP contribution in [0.4, 0.5) is 11.4 Å². The van der Waals surface area contributed by atoms with Crippen molar-refractivity contribution in [2.45, 2.75) is 32.2 Å². The number of halogens is 1. The van der Waals surface area contributed by atoms with E-state index in [1.807, 2.05) is 6.07 Å². The summed E-state index contributed by atoms with van der Waals surface area (Å²) in [5, 5.41) is 5.77. The first-order valence-electron chi connectivity index (χ1n) is 7.58. The second kappa shape index (κ2) is 6.71. The second-order valence-corrected chi connectivity index (χ2v) is 7.16. The lowest BCUT2D eigenvalue weighted by Gasteiger charge is -2.31. The van der Waals surface area contributed by atoms with Crippen molar-refractivity contribution in [3.05, 3.63) is 45.6 Å². The molecule has 3 rings (SSSR count). The number of rotatable bonds is 4. The van der Waals surface area contributed by atoms with E-state index in [9.17, 15) is 0 Å². The zero-order chi connectivity index (χ0) is 14.7. The van der Waals surface area contributed by atoms with E-state index < -0.39 is 0 Å². The van der Waals surface area contributed by atoms with Gasteiger partial charge in [0.05, 0.1) is 15.7 Å². The van der Waals surface area contributed by atoms with Crippen LogP contribution in [0.2, 0.25) is 4.34 Å². The highest BCUT2D eigenvalue weighted by Gasteiger charge is 2.16. The lowest BCUT2D eigenvalue weighted by atomic mass is 10.1. The van der Waals surface area contributed by atoms with E-state index in [4.69, 9.17) is 11.6 Å². The molecule has 1 fully saturated rings. The molecule has 2 nitrogen and oxygen atoms in total. The number of thiophene rings is 1. The summed E-state index contributed by atoms with van der Waals surface area (Å²) in [6, 6.07) is 10.9. The fourth-order valence-corrected chi connectivity index (χ4v) is 3.86. The summed E-state index contributed by atoms with van der Waals surface area (Å²) in [6.45, 7) is 4.51. The molecule has 4 heteroatoms. The predicted octanol–water partition coefficient (Wildman–Crippen LogP) is 5.56.